The smallest absolute Gasteiger partial charge is 0.0658 e. The molecule has 1 rings (SSSR count). The molecule has 1 atom stereocenters. The van der Waals surface area contributed by atoms with Crippen molar-refractivity contribution in [3.63, 3.8) is 0 Å². The van der Waals surface area contributed by atoms with Crippen LogP contribution < -0.4 is 5.32 Å². The van der Waals surface area contributed by atoms with Gasteiger partial charge in [-0.25, -0.2) is 0 Å². The van der Waals surface area contributed by atoms with Gasteiger partial charge in [0, 0.05) is 13.2 Å². The van der Waals surface area contributed by atoms with E-state index in [1.807, 2.05) is 10.9 Å². The van der Waals surface area contributed by atoms with Gasteiger partial charge in [0.15, 0.2) is 0 Å². The molecule has 0 aromatic carbocycles. The highest BCUT2D eigenvalue weighted by Crippen LogP contribution is 2.18. The average molecular weight is 332 g/mol. The van der Waals surface area contributed by atoms with Crippen LogP contribution in [0, 0.1) is 0 Å². The number of hydrogen-bond donors (Lipinski definition) is 1. The van der Waals surface area contributed by atoms with Crippen molar-refractivity contribution in [2.45, 2.75) is 52.1 Å². The number of ether oxygens (including phenoxy) is 1. The van der Waals surface area contributed by atoms with Gasteiger partial charge in [-0.2, -0.15) is 5.10 Å². The Morgan fingerprint density at radius 3 is 2.89 bits per heavy atom. The van der Waals surface area contributed by atoms with Crippen LogP contribution in [0.3, 0.4) is 0 Å². The van der Waals surface area contributed by atoms with Gasteiger partial charge in [-0.3, -0.25) is 4.68 Å². The average Bonchev–Trinajstić information content (AvgIpc) is 2.77. The molecule has 0 fully saturated rings. The van der Waals surface area contributed by atoms with E-state index < -0.39 is 0 Å². The summed E-state index contributed by atoms with van der Waals surface area (Å²) in [5.74, 6) is 0. The van der Waals surface area contributed by atoms with Gasteiger partial charge in [0.25, 0.3) is 0 Å². The van der Waals surface area contributed by atoms with E-state index in [0.29, 0.717) is 12.6 Å². The predicted molar refractivity (Wildman–Crippen MR) is 82.5 cm³/mol. The highest BCUT2D eigenvalue weighted by Gasteiger charge is 2.11. The Bertz CT molecular complexity index is 354. The molecule has 0 aliphatic rings. The second-order valence-corrected chi connectivity index (χ2v) is 5.61. The Hall–Kier alpha value is -0.390. The summed E-state index contributed by atoms with van der Waals surface area (Å²) in [7, 11) is 1.72. The van der Waals surface area contributed by atoms with Crippen LogP contribution in [-0.2, 0) is 17.7 Å². The summed E-state index contributed by atoms with van der Waals surface area (Å²) >= 11 is 3.59. The van der Waals surface area contributed by atoms with E-state index >= 15 is 0 Å². The van der Waals surface area contributed by atoms with Crippen molar-refractivity contribution in [2.24, 2.45) is 0 Å². The fourth-order valence-corrected chi connectivity index (χ4v) is 2.61. The fourth-order valence-electron chi connectivity index (χ4n) is 2.12. The summed E-state index contributed by atoms with van der Waals surface area (Å²) < 4.78 is 8.27. The van der Waals surface area contributed by atoms with Crippen LogP contribution in [-0.4, -0.2) is 36.1 Å². The number of halogens is 1. The summed E-state index contributed by atoms with van der Waals surface area (Å²) in [5, 5.41) is 7.98. The molecule has 110 valence electrons. The number of methoxy groups -OCH3 is 1. The Kier molecular flexibility index (Phi) is 8.34. The lowest BCUT2D eigenvalue weighted by atomic mass is 10.1. The summed E-state index contributed by atoms with van der Waals surface area (Å²) in [6.45, 7) is 7.06. The normalized spacial score (nSPS) is 12.8. The van der Waals surface area contributed by atoms with Crippen molar-refractivity contribution in [1.29, 1.82) is 0 Å². The number of rotatable bonds is 10. The molecule has 0 saturated carbocycles. The molecule has 0 aliphatic carbocycles. The van der Waals surface area contributed by atoms with Crippen molar-refractivity contribution in [1.82, 2.24) is 15.1 Å². The lowest BCUT2D eigenvalue weighted by Crippen LogP contribution is -2.29. The van der Waals surface area contributed by atoms with Crippen molar-refractivity contribution in [3.8, 4) is 0 Å². The summed E-state index contributed by atoms with van der Waals surface area (Å²) in [6, 6.07) is 0.595. The van der Waals surface area contributed by atoms with Crippen molar-refractivity contribution < 1.29 is 4.74 Å². The van der Waals surface area contributed by atoms with Gasteiger partial charge in [-0.05, 0) is 48.2 Å². The molecule has 5 heteroatoms. The summed E-state index contributed by atoms with van der Waals surface area (Å²) in [4.78, 5) is 0. The molecule has 0 bridgehead atoms. The zero-order valence-electron chi connectivity index (χ0n) is 12.3. The van der Waals surface area contributed by atoms with Crippen LogP contribution in [0.4, 0.5) is 0 Å². The van der Waals surface area contributed by atoms with Crippen LogP contribution in [0.25, 0.3) is 0 Å². The quantitative estimate of drug-likeness (QED) is 0.716. The lowest BCUT2D eigenvalue weighted by molar-refractivity contribution is 0.182. The summed E-state index contributed by atoms with van der Waals surface area (Å²) in [5.41, 5.74) is 1.27. The first-order chi connectivity index (χ1) is 9.22. The largest absolute Gasteiger partial charge is 0.383 e. The van der Waals surface area contributed by atoms with Gasteiger partial charge in [0.1, 0.15) is 0 Å². The molecule has 0 amide bonds. The van der Waals surface area contributed by atoms with Crippen LogP contribution >= 0.6 is 15.9 Å². The minimum absolute atomic E-state index is 0.595. The Morgan fingerprint density at radius 2 is 2.26 bits per heavy atom. The van der Waals surface area contributed by atoms with Gasteiger partial charge < -0.3 is 10.1 Å². The highest BCUT2D eigenvalue weighted by atomic mass is 79.9. The zero-order valence-corrected chi connectivity index (χ0v) is 13.9. The van der Waals surface area contributed by atoms with Crippen molar-refractivity contribution in [2.75, 3.05) is 20.3 Å². The van der Waals surface area contributed by atoms with E-state index in [1.54, 1.807) is 7.11 Å². The predicted octanol–water partition coefficient (Wildman–Crippen LogP) is 3.00. The monoisotopic (exact) mass is 331 g/mol. The first-order valence-corrected chi connectivity index (χ1v) is 7.94. The molecule has 1 N–H and O–H groups in total. The topological polar surface area (TPSA) is 39.1 Å². The first kappa shape index (κ1) is 16.7. The number of nitrogens with zero attached hydrogens (tertiary/aromatic N) is 2. The second-order valence-electron chi connectivity index (χ2n) is 4.75. The molecule has 0 aliphatic heterocycles. The third-order valence-electron chi connectivity index (χ3n) is 3.31. The van der Waals surface area contributed by atoms with Gasteiger partial charge in [-0.15, -0.1) is 0 Å². The zero-order chi connectivity index (χ0) is 14.1. The SMILES string of the molecule is CCCNC(CC)CCc1c(Br)cnn1CCOC. The van der Waals surface area contributed by atoms with Crippen LogP contribution in [0.1, 0.15) is 38.8 Å². The maximum absolute atomic E-state index is 5.12. The number of aromatic nitrogens is 2. The van der Waals surface area contributed by atoms with E-state index in [9.17, 15) is 0 Å². The minimum Gasteiger partial charge on any atom is -0.383 e. The number of hydrogen-bond acceptors (Lipinski definition) is 3. The van der Waals surface area contributed by atoms with Crippen LogP contribution in [0.5, 0.6) is 0 Å². The molecule has 0 saturated heterocycles. The molecule has 0 radical (unpaired) electrons. The molecular weight excluding hydrogens is 306 g/mol. The van der Waals surface area contributed by atoms with E-state index in [-0.39, 0.29) is 0 Å². The Morgan fingerprint density at radius 1 is 1.47 bits per heavy atom. The fraction of sp³-hybridized carbons (Fsp3) is 0.786. The molecule has 0 spiro atoms. The maximum Gasteiger partial charge on any atom is 0.0658 e. The molecule has 1 aromatic rings. The van der Waals surface area contributed by atoms with E-state index in [1.165, 1.54) is 18.5 Å². The molecule has 1 heterocycles. The van der Waals surface area contributed by atoms with Gasteiger partial charge in [0.05, 0.1) is 29.5 Å². The van der Waals surface area contributed by atoms with Crippen LogP contribution in [0.15, 0.2) is 10.7 Å². The number of nitrogens with one attached hydrogen (secondary N) is 1. The lowest BCUT2D eigenvalue weighted by Gasteiger charge is -2.17. The third-order valence-corrected chi connectivity index (χ3v) is 3.97. The molecule has 19 heavy (non-hydrogen) atoms. The molecule has 1 unspecified atom stereocenters. The van der Waals surface area contributed by atoms with Crippen molar-refractivity contribution >= 4 is 15.9 Å². The van der Waals surface area contributed by atoms with Gasteiger partial charge in [-0.1, -0.05) is 13.8 Å². The van der Waals surface area contributed by atoms with E-state index in [4.69, 9.17) is 4.74 Å². The molecular formula is C14H26BrN3O. The van der Waals surface area contributed by atoms with Gasteiger partial charge >= 0.3 is 0 Å². The summed E-state index contributed by atoms with van der Waals surface area (Å²) in [6.07, 6.45) is 6.43. The Balaban J connectivity index is 2.52. The van der Waals surface area contributed by atoms with E-state index in [2.05, 4.69) is 40.2 Å². The highest BCUT2D eigenvalue weighted by molar-refractivity contribution is 9.10. The van der Waals surface area contributed by atoms with Crippen molar-refractivity contribution in [3.05, 3.63) is 16.4 Å². The Labute approximate surface area is 125 Å². The van der Waals surface area contributed by atoms with E-state index in [0.717, 1.165) is 30.4 Å². The van der Waals surface area contributed by atoms with Gasteiger partial charge in [0.2, 0.25) is 0 Å². The molecule has 4 nitrogen and oxygen atoms in total. The first-order valence-electron chi connectivity index (χ1n) is 7.15. The minimum atomic E-state index is 0.595. The standard InChI is InChI=1S/C14H26BrN3O/c1-4-8-16-12(5-2)6-7-14-13(15)11-17-18(14)9-10-19-3/h11-12,16H,4-10H2,1-3H3. The maximum atomic E-state index is 5.12. The molecule has 1 aromatic heterocycles. The second kappa shape index (κ2) is 9.50. The van der Waals surface area contributed by atoms with Crippen LogP contribution in [0.2, 0.25) is 0 Å². The third kappa shape index (κ3) is 5.63.